The van der Waals surface area contributed by atoms with Gasteiger partial charge in [0.15, 0.2) is 6.04 Å². The highest BCUT2D eigenvalue weighted by Crippen LogP contribution is 2.50. The van der Waals surface area contributed by atoms with E-state index in [1.165, 1.54) is 24.3 Å². The zero-order valence-electron chi connectivity index (χ0n) is 14.2. The first-order valence-electron chi connectivity index (χ1n) is 7.81. The molecule has 2 rings (SSSR count). The Hall–Kier alpha value is -1.64. The molecular weight excluding hydrogens is 451 g/mol. The number of carbonyl (C=O) groups is 1. The van der Waals surface area contributed by atoms with E-state index in [1.807, 2.05) is 0 Å². The number of benzene rings is 1. The first kappa shape index (κ1) is 21.7. The highest BCUT2D eigenvalue weighted by Gasteiger charge is 2.60. The number of halogens is 4. The molecule has 0 bridgehead atoms. The van der Waals surface area contributed by atoms with Crippen molar-refractivity contribution in [2.75, 3.05) is 12.0 Å². The quantitative estimate of drug-likeness (QED) is 0.690. The Morgan fingerprint density at radius 2 is 1.89 bits per heavy atom. The van der Waals surface area contributed by atoms with E-state index in [1.54, 1.807) is 6.07 Å². The number of hydrogen-bond acceptors (Lipinski definition) is 5. The molecule has 11 heteroatoms. The van der Waals surface area contributed by atoms with E-state index in [0.29, 0.717) is 9.37 Å². The Labute approximate surface area is 163 Å². The number of sulfone groups is 1. The SMILES string of the molecule is CS(=O)(=O)C[C@H](N)C(=O)N([C@@H](c1ccc(Br)cc1)C(F)(F)F)C1(C#N)CC1. The predicted octanol–water partition coefficient (Wildman–Crippen LogP) is 2.31. The fourth-order valence-electron chi connectivity index (χ4n) is 2.82. The zero-order valence-corrected chi connectivity index (χ0v) is 16.6. The molecule has 0 saturated heterocycles. The van der Waals surface area contributed by atoms with Crippen LogP contribution >= 0.6 is 15.9 Å². The molecule has 1 aliphatic carbocycles. The van der Waals surface area contributed by atoms with E-state index < -0.39 is 45.3 Å². The maximum Gasteiger partial charge on any atom is 0.413 e. The summed E-state index contributed by atoms with van der Waals surface area (Å²) in [6.45, 7) is 0. The van der Waals surface area contributed by atoms with Gasteiger partial charge in [-0.05, 0) is 30.5 Å². The Balaban J connectivity index is 2.55. The lowest BCUT2D eigenvalue weighted by atomic mass is 10.0. The second-order valence-electron chi connectivity index (χ2n) is 6.55. The Kier molecular flexibility index (Phi) is 5.94. The van der Waals surface area contributed by atoms with Crippen LogP contribution in [0.15, 0.2) is 28.7 Å². The lowest BCUT2D eigenvalue weighted by molar-refractivity contribution is -0.197. The molecule has 1 aromatic carbocycles. The minimum absolute atomic E-state index is 0.0595. The molecule has 0 unspecified atom stereocenters. The average molecular weight is 468 g/mol. The number of nitrogens with two attached hydrogens (primary N) is 1. The molecule has 0 aliphatic heterocycles. The van der Waals surface area contributed by atoms with Gasteiger partial charge in [-0.25, -0.2) is 8.42 Å². The van der Waals surface area contributed by atoms with Crippen LogP contribution in [0.3, 0.4) is 0 Å². The number of rotatable bonds is 6. The van der Waals surface area contributed by atoms with Crippen molar-refractivity contribution in [3.05, 3.63) is 34.3 Å². The number of alkyl halides is 3. The monoisotopic (exact) mass is 467 g/mol. The van der Waals surface area contributed by atoms with Crippen LogP contribution in [0.5, 0.6) is 0 Å². The third kappa shape index (κ3) is 5.00. The third-order valence-electron chi connectivity index (χ3n) is 4.18. The van der Waals surface area contributed by atoms with Gasteiger partial charge in [-0.1, -0.05) is 28.1 Å². The van der Waals surface area contributed by atoms with Crippen LogP contribution in [0.1, 0.15) is 24.4 Å². The number of nitrogens with zero attached hydrogens (tertiary/aromatic N) is 2. The smallest absolute Gasteiger partial charge is 0.319 e. The molecule has 1 aromatic rings. The minimum Gasteiger partial charge on any atom is -0.319 e. The summed E-state index contributed by atoms with van der Waals surface area (Å²) in [4.78, 5) is 13.2. The summed E-state index contributed by atoms with van der Waals surface area (Å²) in [6.07, 6.45) is -3.94. The lowest BCUT2D eigenvalue weighted by Gasteiger charge is -2.38. The normalized spacial score (nSPS) is 18.3. The molecule has 148 valence electrons. The van der Waals surface area contributed by atoms with E-state index in [2.05, 4.69) is 15.9 Å². The van der Waals surface area contributed by atoms with Crippen molar-refractivity contribution < 1.29 is 26.4 Å². The molecule has 1 saturated carbocycles. The van der Waals surface area contributed by atoms with Gasteiger partial charge in [-0.15, -0.1) is 0 Å². The fourth-order valence-corrected chi connectivity index (χ4v) is 3.88. The summed E-state index contributed by atoms with van der Waals surface area (Å²) in [5.74, 6) is -2.03. The summed E-state index contributed by atoms with van der Waals surface area (Å²) in [6, 6.07) is 2.82. The first-order chi connectivity index (χ1) is 12.3. The molecule has 0 aromatic heterocycles. The van der Waals surface area contributed by atoms with Gasteiger partial charge < -0.3 is 10.6 Å². The third-order valence-corrected chi connectivity index (χ3v) is 5.68. The van der Waals surface area contributed by atoms with E-state index in [-0.39, 0.29) is 18.4 Å². The van der Waals surface area contributed by atoms with E-state index in [0.717, 1.165) is 6.26 Å². The van der Waals surface area contributed by atoms with Gasteiger partial charge in [0.05, 0.1) is 17.9 Å². The van der Waals surface area contributed by atoms with Crippen molar-refractivity contribution in [2.24, 2.45) is 5.73 Å². The summed E-state index contributed by atoms with van der Waals surface area (Å²) >= 11 is 3.13. The number of hydrogen-bond donors (Lipinski definition) is 1. The van der Waals surface area contributed by atoms with Gasteiger partial charge >= 0.3 is 6.18 Å². The highest BCUT2D eigenvalue weighted by atomic mass is 79.9. The molecule has 2 atom stereocenters. The van der Waals surface area contributed by atoms with Crippen LogP contribution in [0.25, 0.3) is 0 Å². The zero-order chi connectivity index (χ0) is 20.6. The summed E-state index contributed by atoms with van der Waals surface area (Å²) in [5.41, 5.74) is 3.72. The predicted molar refractivity (Wildman–Crippen MR) is 95.0 cm³/mol. The number of nitriles is 1. The van der Waals surface area contributed by atoms with Gasteiger partial charge in [0.25, 0.3) is 0 Å². The topological polar surface area (TPSA) is 104 Å². The van der Waals surface area contributed by atoms with Crippen LogP contribution in [0.4, 0.5) is 13.2 Å². The molecule has 1 aliphatic rings. The largest absolute Gasteiger partial charge is 0.413 e. The molecule has 0 radical (unpaired) electrons. The molecule has 1 fully saturated rings. The number of amides is 1. The van der Waals surface area contributed by atoms with Crippen LogP contribution in [-0.2, 0) is 14.6 Å². The van der Waals surface area contributed by atoms with Gasteiger partial charge in [-0.2, -0.15) is 18.4 Å². The molecular formula is C16H17BrF3N3O3S. The number of carbonyl (C=O) groups excluding carboxylic acids is 1. The second kappa shape index (κ2) is 7.41. The van der Waals surface area contributed by atoms with E-state index in [4.69, 9.17) is 5.73 Å². The summed E-state index contributed by atoms with van der Waals surface area (Å²) in [7, 11) is -3.71. The van der Waals surface area contributed by atoms with Crippen molar-refractivity contribution in [1.29, 1.82) is 5.26 Å². The van der Waals surface area contributed by atoms with E-state index in [9.17, 15) is 31.6 Å². The Morgan fingerprint density at radius 3 is 2.26 bits per heavy atom. The van der Waals surface area contributed by atoms with Gasteiger partial charge in [-0.3, -0.25) is 4.79 Å². The summed E-state index contributed by atoms with van der Waals surface area (Å²) < 4.78 is 65.2. The van der Waals surface area contributed by atoms with Crippen molar-refractivity contribution in [3.8, 4) is 6.07 Å². The first-order valence-corrected chi connectivity index (χ1v) is 10.7. The van der Waals surface area contributed by atoms with Crippen LogP contribution in [0, 0.1) is 11.3 Å². The minimum atomic E-state index is -4.89. The fraction of sp³-hybridized carbons (Fsp3) is 0.500. The maximum atomic E-state index is 13.9. The van der Waals surface area contributed by atoms with Crippen molar-refractivity contribution >= 4 is 31.7 Å². The van der Waals surface area contributed by atoms with Crippen LogP contribution < -0.4 is 5.73 Å². The van der Waals surface area contributed by atoms with Gasteiger partial charge in [0.1, 0.15) is 15.4 Å². The van der Waals surface area contributed by atoms with Crippen molar-refractivity contribution in [3.63, 3.8) is 0 Å². The standard InChI is InChI=1S/C16H17BrF3N3O3S/c1-27(25,26)8-12(22)14(24)23(15(9-21)6-7-15)13(16(18,19)20)10-2-4-11(17)5-3-10/h2-5,12-13H,6-8,22H2,1H3/t12-,13-/m0/s1. The van der Waals surface area contributed by atoms with E-state index >= 15 is 0 Å². The lowest BCUT2D eigenvalue weighted by Crippen LogP contribution is -2.56. The Bertz CT molecular complexity index is 862. The molecule has 1 amide bonds. The van der Waals surface area contributed by atoms with Crippen molar-refractivity contribution in [1.82, 2.24) is 4.90 Å². The molecule has 0 spiro atoms. The molecule has 27 heavy (non-hydrogen) atoms. The van der Waals surface area contributed by atoms with Crippen LogP contribution in [-0.4, -0.2) is 49.0 Å². The molecule has 2 N–H and O–H groups in total. The van der Waals surface area contributed by atoms with Gasteiger partial charge in [0.2, 0.25) is 5.91 Å². The molecule has 6 nitrogen and oxygen atoms in total. The van der Waals surface area contributed by atoms with Crippen LogP contribution in [0.2, 0.25) is 0 Å². The summed E-state index contributed by atoms with van der Waals surface area (Å²) in [5, 5.41) is 9.42. The van der Waals surface area contributed by atoms with Gasteiger partial charge in [0, 0.05) is 10.7 Å². The highest BCUT2D eigenvalue weighted by molar-refractivity contribution is 9.10. The Morgan fingerprint density at radius 1 is 1.37 bits per heavy atom. The average Bonchev–Trinajstić information content (AvgIpc) is 3.31. The molecule has 0 heterocycles. The second-order valence-corrected chi connectivity index (χ2v) is 9.65. The van der Waals surface area contributed by atoms with Crippen molar-refractivity contribution in [2.45, 2.75) is 36.6 Å². The maximum absolute atomic E-state index is 13.9.